The van der Waals surface area contributed by atoms with Crippen molar-refractivity contribution in [2.75, 3.05) is 11.9 Å². The van der Waals surface area contributed by atoms with Crippen molar-refractivity contribution < 1.29 is 23.4 Å². The number of aromatic nitrogens is 4. The van der Waals surface area contributed by atoms with E-state index in [1.807, 2.05) is 0 Å². The second kappa shape index (κ2) is 8.18. The van der Waals surface area contributed by atoms with E-state index in [1.54, 1.807) is 17.7 Å². The van der Waals surface area contributed by atoms with Crippen molar-refractivity contribution in [3.63, 3.8) is 0 Å². The minimum atomic E-state index is -1.69. The second-order valence-electron chi connectivity index (χ2n) is 8.29. The lowest BCUT2D eigenvalue weighted by molar-refractivity contribution is 0.0999. The van der Waals surface area contributed by atoms with E-state index in [1.165, 1.54) is 19.9 Å². The Labute approximate surface area is 187 Å². The number of fused-ring (bicyclic) bond motifs is 1. The van der Waals surface area contributed by atoms with Crippen molar-refractivity contribution >= 4 is 23.2 Å². The molecule has 4 rings (SSSR count). The molecule has 0 saturated heterocycles. The summed E-state index contributed by atoms with van der Waals surface area (Å²) in [7, 11) is 0. The maximum atomic E-state index is 15.1. The van der Waals surface area contributed by atoms with Gasteiger partial charge in [-0.3, -0.25) is 9.89 Å². The summed E-state index contributed by atoms with van der Waals surface area (Å²) in [5.41, 5.74) is -0.719. The van der Waals surface area contributed by atoms with Crippen LogP contribution in [-0.2, 0) is 6.54 Å². The van der Waals surface area contributed by atoms with Gasteiger partial charge in [-0.25, -0.2) is 13.8 Å². The number of ether oxygens (including phenoxy) is 1. The molecule has 2 aromatic heterocycles. The fourth-order valence-electron chi connectivity index (χ4n) is 3.42. The zero-order valence-corrected chi connectivity index (χ0v) is 18.4. The van der Waals surface area contributed by atoms with Crippen LogP contribution < -0.4 is 10.1 Å². The van der Waals surface area contributed by atoms with E-state index in [-0.39, 0.29) is 40.0 Å². The van der Waals surface area contributed by atoms with Crippen LogP contribution in [0.1, 0.15) is 48.2 Å². The Morgan fingerprint density at radius 2 is 2.22 bits per heavy atom. The predicted octanol–water partition coefficient (Wildman–Crippen LogP) is 4.19. The number of aromatic amines is 1. The summed E-state index contributed by atoms with van der Waals surface area (Å²) in [4.78, 5) is 17.2. The van der Waals surface area contributed by atoms with Crippen LogP contribution in [0.4, 0.5) is 14.5 Å². The number of imidazole rings is 1. The van der Waals surface area contributed by atoms with Crippen LogP contribution >= 0.6 is 11.6 Å². The van der Waals surface area contributed by atoms with E-state index >= 15 is 4.39 Å². The van der Waals surface area contributed by atoms with Crippen molar-refractivity contribution in [3.8, 4) is 17.0 Å². The summed E-state index contributed by atoms with van der Waals surface area (Å²) in [6.07, 6.45) is 1.45. The fraction of sp³-hybridized carbons (Fsp3) is 0.381. The first kappa shape index (κ1) is 22.2. The van der Waals surface area contributed by atoms with Gasteiger partial charge in [-0.05, 0) is 39.3 Å². The molecular formula is C21H22ClF2N5O3. The molecule has 1 atom stereocenters. The van der Waals surface area contributed by atoms with Gasteiger partial charge in [0.2, 0.25) is 0 Å². The van der Waals surface area contributed by atoms with Gasteiger partial charge in [0.25, 0.3) is 5.91 Å². The summed E-state index contributed by atoms with van der Waals surface area (Å²) in [5.74, 6) is -0.992. The third kappa shape index (κ3) is 4.33. The Balaban J connectivity index is 1.73. The van der Waals surface area contributed by atoms with Crippen LogP contribution in [0, 0.1) is 12.7 Å². The molecule has 0 aliphatic carbocycles. The monoisotopic (exact) mass is 465 g/mol. The molecule has 3 heterocycles. The average molecular weight is 466 g/mol. The molecule has 3 N–H and O–H groups in total. The number of halogens is 3. The molecule has 0 saturated carbocycles. The minimum absolute atomic E-state index is 0.0180. The SMILES string of the molecule is Cc1[nH]nc(Cl)c1NC(=O)c1cc(F)c(-c2cn3c(n2)C(O)CC3)cc1OCC(C)(C)F. The van der Waals surface area contributed by atoms with Gasteiger partial charge in [0.15, 0.2) is 5.15 Å². The van der Waals surface area contributed by atoms with E-state index in [4.69, 9.17) is 16.3 Å². The topological polar surface area (TPSA) is 105 Å². The van der Waals surface area contributed by atoms with Crippen LogP contribution in [0.25, 0.3) is 11.3 Å². The highest BCUT2D eigenvalue weighted by Gasteiger charge is 2.27. The summed E-state index contributed by atoms with van der Waals surface area (Å²) < 4.78 is 36.5. The molecule has 32 heavy (non-hydrogen) atoms. The third-order valence-electron chi connectivity index (χ3n) is 5.05. The number of hydrogen-bond donors (Lipinski definition) is 3. The maximum Gasteiger partial charge on any atom is 0.259 e. The highest BCUT2D eigenvalue weighted by Crippen LogP contribution is 2.34. The van der Waals surface area contributed by atoms with Gasteiger partial charge in [-0.15, -0.1) is 0 Å². The van der Waals surface area contributed by atoms with Gasteiger partial charge in [-0.1, -0.05) is 11.6 Å². The molecule has 11 heteroatoms. The van der Waals surface area contributed by atoms with Crippen molar-refractivity contribution in [1.82, 2.24) is 19.7 Å². The smallest absolute Gasteiger partial charge is 0.259 e. The van der Waals surface area contributed by atoms with Crippen LogP contribution in [0.2, 0.25) is 5.15 Å². The Morgan fingerprint density at radius 1 is 1.47 bits per heavy atom. The zero-order valence-electron chi connectivity index (χ0n) is 17.7. The van der Waals surface area contributed by atoms with E-state index in [2.05, 4.69) is 20.5 Å². The first-order valence-corrected chi connectivity index (χ1v) is 10.3. The van der Waals surface area contributed by atoms with Gasteiger partial charge < -0.3 is 19.7 Å². The molecule has 1 amide bonds. The van der Waals surface area contributed by atoms with Gasteiger partial charge in [0.05, 0.1) is 17.0 Å². The highest BCUT2D eigenvalue weighted by molar-refractivity contribution is 6.33. The molecular weight excluding hydrogens is 444 g/mol. The Morgan fingerprint density at radius 3 is 2.84 bits per heavy atom. The number of aryl methyl sites for hydroxylation is 2. The number of H-pyrrole nitrogens is 1. The van der Waals surface area contributed by atoms with Gasteiger partial charge in [0.1, 0.15) is 41.5 Å². The van der Waals surface area contributed by atoms with Gasteiger partial charge in [0, 0.05) is 18.3 Å². The second-order valence-corrected chi connectivity index (χ2v) is 8.64. The number of nitrogens with one attached hydrogen (secondary N) is 2. The number of carbonyl (C=O) groups is 1. The number of nitrogens with zero attached hydrogens (tertiary/aromatic N) is 3. The predicted molar refractivity (Wildman–Crippen MR) is 114 cm³/mol. The minimum Gasteiger partial charge on any atom is -0.489 e. The standard InChI is InChI=1S/C21H22ClF2N5O3/c1-10-17(18(22)28-27-10)26-20(31)12-6-13(23)11(7-16(12)32-9-21(2,3)24)14-8-29-5-4-15(30)19(29)25-14/h6-8,15,30H,4-5,9H2,1-3H3,(H,26,31)(H,27,28). The fourth-order valence-corrected chi connectivity index (χ4v) is 3.65. The molecule has 0 fully saturated rings. The summed E-state index contributed by atoms with van der Waals surface area (Å²) in [6, 6.07) is 2.32. The summed E-state index contributed by atoms with van der Waals surface area (Å²) in [6.45, 7) is 4.52. The number of anilines is 1. The Bertz CT molecular complexity index is 1170. The summed E-state index contributed by atoms with van der Waals surface area (Å²) in [5, 5.41) is 19.1. The third-order valence-corrected chi connectivity index (χ3v) is 5.32. The molecule has 1 aliphatic rings. The van der Waals surface area contributed by atoms with Crippen molar-refractivity contribution in [2.24, 2.45) is 0 Å². The number of benzene rings is 1. The first-order chi connectivity index (χ1) is 15.0. The molecule has 1 aliphatic heterocycles. The van der Waals surface area contributed by atoms with Crippen molar-refractivity contribution in [3.05, 3.63) is 46.4 Å². The Hall–Kier alpha value is -2.98. The van der Waals surface area contributed by atoms with E-state index in [0.717, 1.165) is 6.07 Å². The van der Waals surface area contributed by atoms with Crippen LogP contribution in [0.3, 0.4) is 0 Å². The molecule has 0 spiro atoms. The quantitative estimate of drug-likeness (QED) is 0.506. The van der Waals surface area contributed by atoms with E-state index in [9.17, 15) is 14.3 Å². The number of amides is 1. The van der Waals surface area contributed by atoms with E-state index in [0.29, 0.717) is 24.5 Å². The zero-order chi connectivity index (χ0) is 23.2. The molecule has 170 valence electrons. The molecule has 8 nitrogen and oxygen atoms in total. The van der Waals surface area contributed by atoms with Crippen LogP contribution in [0.15, 0.2) is 18.3 Å². The number of hydrogen-bond acceptors (Lipinski definition) is 5. The van der Waals surface area contributed by atoms with Gasteiger partial charge in [-0.2, -0.15) is 5.10 Å². The molecule has 0 bridgehead atoms. The number of carbonyl (C=O) groups excluding carboxylic acids is 1. The lowest BCUT2D eigenvalue weighted by Gasteiger charge is -2.18. The average Bonchev–Trinajstić information content (AvgIpc) is 3.38. The molecule has 1 aromatic carbocycles. The van der Waals surface area contributed by atoms with Crippen molar-refractivity contribution in [1.29, 1.82) is 0 Å². The largest absolute Gasteiger partial charge is 0.489 e. The molecule has 1 unspecified atom stereocenters. The maximum absolute atomic E-state index is 15.1. The van der Waals surface area contributed by atoms with Gasteiger partial charge >= 0.3 is 0 Å². The van der Waals surface area contributed by atoms with Crippen LogP contribution in [0.5, 0.6) is 5.75 Å². The lowest BCUT2D eigenvalue weighted by atomic mass is 10.1. The molecule has 3 aromatic rings. The number of rotatable bonds is 6. The molecule has 0 radical (unpaired) electrons. The number of aliphatic hydroxyl groups excluding tert-OH is 1. The highest BCUT2D eigenvalue weighted by atomic mass is 35.5. The summed E-state index contributed by atoms with van der Waals surface area (Å²) >= 11 is 5.98. The number of aliphatic hydroxyl groups is 1. The Kier molecular flexibility index (Phi) is 5.68. The van der Waals surface area contributed by atoms with E-state index < -0.39 is 23.5 Å². The first-order valence-electron chi connectivity index (χ1n) is 9.96. The number of alkyl halides is 1. The van der Waals surface area contributed by atoms with Crippen molar-refractivity contribution in [2.45, 2.75) is 45.5 Å². The lowest BCUT2D eigenvalue weighted by Crippen LogP contribution is -2.24. The van der Waals surface area contributed by atoms with Crippen LogP contribution in [-0.4, -0.2) is 43.0 Å². The normalized spacial score (nSPS) is 15.7.